The maximum atomic E-state index is 11.7. The van der Waals surface area contributed by atoms with Gasteiger partial charge in [-0.2, -0.15) is 4.31 Å². The Labute approximate surface area is 186 Å². The first-order chi connectivity index (χ1) is 12.7. The van der Waals surface area contributed by atoms with Gasteiger partial charge in [0.25, 0.3) is 9.40 Å². The highest BCUT2D eigenvalue weighted by Gasteiger charge is 2.25. The van der Waals surface area contributed by atoms with E-state index < -0.39 is 10.0 Å². The molecule has 1 saturated heterocycles. The summed E-state index contributed by atoms with van der Waals surface area (Å²) in [7, 11) is -3.12. The van der Waals surface area contributed by atoms with Crippen molar-refractivity contribution < 1.29 is 32.4 Å². The van der Waals surface area contributed by atoms with Crippen molar-refractivity contribution in [3.8, 4) is 0 Å². The van der Waals surface area contributed by atoms with Gasteiger partial charge in [0.1, 0.15) is 11.0 Å². The molecule has 3 aromatic rings. The lowest BCUT2D eigenvalue weighted by Gasteiger charge is -2.34. The molecule has 0 radical (unpaired) electrons. The number of sulfonamides is 1. The molecule has 4 rings (SSSR count). The van der Waals surface area contributed by atoms with Gasteiger partial charge in [0.15, 0.2) is 0 Å². The Kier molecular flexibility index (Phi) is 6.00. The highest BCUT2D eigenvalue weighted by molar-refractivity contribution is 7.88. The van der Waals surface area contributed by atoms with Crippen LogP contribution in [0.2, 0.25) is 0 Å². The topological polar surface area (TPSA) is 79.5 Å². The number of anilines is 2. The lowest BCUT2D eigenvalue weighted by molar-refractivity contribution is -0.00000818. The highest BCUT2D eigenvalue weighted by Crippen LogP contribution is 2.34. The van der Waals surface area contributed by atoms with E-state index in [0.717, 1.165) is 42.9 Å². The molecule has 0 aliphatic carbocycles. The number of fused-ring (bicyclic) bond motifs is 2. The van der Waals surface area contributed by atoms with E-state index in [-0.39, 0.29) is 24.0 Å². The van der Waals surface area contributed by atoms with E-state index in [1.807, 2.05) is 19.1 Å². The van der Waals surface area contributed by atoms with Crippen molar-refractivity contribution in [3.63, 3.8) is 0 Å². The fourth-order valence-corrected chi connectivity index (χ4v) is 5.68. The van der Waals surface area contributed by atoms with Gasteiger partial charge in [0.05, 0.1) is 6.26 Å². The zero-order chi connectivity index (χ0) is 19.3. The Bertz CT molecular complexity index is 1160. The van der Waals surface area contributed by atoms with E-state index in [4.69, 9.17) is 10.7 Å². The Hall–Kier alpha value is -1.30. The predicted molar refractivity (Wildman–Crippen MR) is 114 cm³/mol. The fourth-order valence-electron chi connectivity index (χ4n) is 3.64. The lowest BCUT2D eigenvalue weighted by Crippen LogP contribution is -3.00. The van der Waals surface area contributed by atoms with Gasteiger partial charge in [0.2, 0.25) is 21.4 Å². The molecular formula is C19H23IN4O2S2. The molecular weight excluding hydrogens is 507 g/mol. The van der Waals surface area contributed by atoms with Gasteiger partial charge < -0.3 is 34.6 Å². The smallest absolute Gasteiger partial charge is 0.259 e. The summed E-state index contributed by atoms with van der Waals surface area (Å²) in [5, 5.41) is 0. The summed E-state index contributed by atoms with van der Waals surface area (Å²) in [6.45, 7) is 6.54. The summed E-state index contributed by atoms with van der Waals surface area (Å²) in [6.07, 6.45) is 1.27. The molecule has 0 saturated carbocycles. The van der Waals surface area contributed by atoms with Gasteiger partial charge >= 0.3 is 0 Å². The van der Waals surface area contributed by atoms with Crippen LogP contribution in [0.5, 0.6) is 0 Å². The molecule has 0 atom stereocenters. The molecule has 6 nitrogen and oxygen atoms in total. The van der Waals surface area contributed by atoms with Crippen molar-refractivity contribution in [2.24, 2.45) is 0 Å². The van der Waals surface area contributed by atoms with Gasteiger partial charge in [-0.1, -0.05) is 0 Å². The predicted octanol–water partition coefficient (Wildman–Crippen LogP) is 0.0152. The van der Waals surface area contributed by atoms with Crippen molar-refractivity contribution in [2.45, 2.75) is 13.8 Å². The molecule has 0 bridgehead atoms. The summed E-state index contributed by atoms with van der Waals surface area (Å²) in [5.41, 5.74) is 12.1. The Morgan fingerprint density at radius 2 is 1.54 bits per heavy atom. The molecule has 9 heteroatoms. The first kappa shape index (κ1) is 21.4. The second-order valence-corrected chi connectivity index (χ2v) is 10.2. The van der Waals surface area contributed by atoms with Crippen LogP contribution in [-0.2, 0) is 10.0 Å². The van der Waals surface area contributed by atoms with Crippen molar-refractivity contribution in [1.82, 2.24) is 9.29 Å². The zero-order valence-electron chi connectivity index (χ0n) is 16.1. The first-order valence-corrected chi connectivity index (χ1v) is 11.5. The minimum Gasteiger partial charge on any atom is -1.00 e. The monoisotopic (exact) mass is 530 g/mol. The van der Waals surface area contributed by atoms with E-state index in [0.29, 0.717) is 26.2 Å². The summed E-state index contributed by atoms with van der Waals surface area (Å²) < 4.78 is 27.2. The quantitative estimate of drug-likeness (QED) is 0.219. The van der Waals surface area contributed by atoms with Crippen LogP contribution in [0, 0.1) is 13.8 Å². The first-order valence-electron chi connectivity index (χ1n) is 8.87. The minimum atomic E-state index is -3.12. The molecule has 150 valence electrons. The average Bonchev–Trinajstić information content (AvgIpc) is 2.59. The molecule has 1 aromatic heterocycles. The summed E-state index contributed by atoms with van der Waals surface area (Å²) in [5.74, 6) is 0. The molecule has 2 N–H and O–H groups in total. The van der Waals surface area contributed by atoms with Crippen LogP contribution in [-0.4, -0.2) is 50.1 Å². The molecule has 2 aromatic carbocycles. The zero-order valence-corrected chi connectivity index (χ0v) is 19.9. The number of aromatic nitrogens is 1. The van der Waals surface area contributed by atoms with Gasteiger partial charge in [-0.05, 0) is 37.1 Å². The molecule has 0 unspecified atom stereocenters. The number of benzene rings is 2. The minimum absolute atomic E-state index is 0. The van der Waals surface area contributed by atoms with Crippen molar-refractivity contribution >= 4 is 53.2 Å². The summed E-state index contributed by atoms with van der Waals surface area (Å²) in [6, 6.07) is 8.25. The maximum Gasteiger partial charge on any atom is 0.259 e. The van der Waals surface area contributed by atoms with Gasteiger partial charge in [-0.15, -0.1) is 0 Å². The average molecular weight is 530 g/mol. The molecule has 1 fully saturated rings. The Morgan fingerprint density at radius 1 is 0.964 bits per heavy atom. The van der Waals surface area contributed by atoms with Crippen LogP contribution in [0.1, 0.15) is 11.1 Å². The van der Waals surface area contributed by atoms with Crippen LogP contribution in [0.3, 0.4) is 0 Å². The molecule has 0 spiro atoms. The van der Waals surface area contributed by atoms with E-state index in [1.54, 1.807) is 15.6 Å². The largest absolute Gasteiger partial charge is 1.00 e. The van der Waals surface area contributed by atoms with Crippen LogP contribution in [0.15, 0.2) is 24.3 Å². The third-order valence-electron chi connectivity index (χ3n) is 5.05. The summed E-state index contributed by atoms with van der Waals surface area (Å²) >= 11 is 1.70. The lowest BCUT2D eigenvalue weighted by atomic mass is 10.1. The molecule has 28 heavy (non-hydrogen) atoms. The standard InChI is InChI=1S/C19H23N4O2S2.HI/c1-12-8-14(20)10-16-18(12)21-19-13(2)9-15(11-17(19)26-16)22-4-6-23(7-5-22)27(3,24)25;/h8-11H,4-7,20H2,1-3H3;1H/q+1;/p-1. The third kappa shape index (κ3) is 4.03. The Morgan fingerprint density at radius 3 is 2.14 bits per heavy atom. The Balaban J connectivity index is 0.00000225. The van der Waals surface area contributed by atoms with Crippen LogP contribution < -0.4 is 34.6 Å². The number of piperazine rings is 1. The van der Waals surface area contributed by atoms with Crippen LogP contribution in [0.4, 0.5) is 11.4 Å². The van der Waals surface area contributed by atoms with Crippen molar-refractivity contribution in [3.05, 3.63) is 35.4 Å². The van der Waals surface area contributed by atoms with Gasteiger partial charge in [-0.3, -0.25) is 0 Å². The van der Waals surface area contributed by atoms with Crippen molar-refractivity contribution in [1.29, 1.82) is 0 Å². The van der Waals surface area contributed by atoms with Gasteiger partial charge in [-0.25, -0.2) is 13.4 Å². The third-order valence-corrected chi connectivity index (χ3v) is 7.42. The maximum absolute atomic E-state index is 11.7. The number of rotatable bonds is 2. The van der Waals surface area contributed by atoms with E-state index >= 15 is 0 Å². The molecule has 1 aliphatic rings. The SMILES string of the molecule is Cc1cc(N)cc2[s+]c3cc(N4CCN(S(C)(=O)=O)CC4)cc(C)c3nc12.[I-]. The molecule has 2 heterocycles. The number of nitrogens with two attached hydrogens (primary N) is 1. The number of nitrogen functional groups attached to an aromatic ring is 1. The summed E-state index contributed by atoms with van der Waals surface area (Å²) in [4.78, 5) is 7.14. The second-order valence-electron chi connectivity index (χ2n) is 7.16. The number of halogens is 1. The molecule has 0 amide bonds. The second kappa shape index (κ2) is 7.85. The number of hydrogen-bond acceptors (Lipinski definition) is 5. The van der Waals surface area contributed by atoms with Gasteiger partial charge in [0, 0.05) is 49.7 Å². The van der Waals surface area contributed by atoms with Crippen LogP contribution >= 0.6 is 11.3 Å². The molecule has 1 aliphatic heterocycles. The van der Waals surface area contributed by atoms with E-state index in [2.05, 4.69) is 24.0 Å². The van der Waals surface area contributed by atoms with E-state index in [1.165, 1.54) is 6.26 Å². The fraction of sp³-hybridized carbons (Fsp3) is 0.368. The number of aryl methyl sites for hydroxylation is 2. The van der Waals surface area contributed by atoms with E-state index in [9.17, 15) is 8.42 Å². The normalized spacial score (nSPS) is 15.8. The highest BCUT2D eigenvalue weighted by atomic mass is 127. The number of hydrogen-bond donors (Lipinski definition) is 1. The van der Waals surface area contributed by atoms with Crippen molar-refractivity contribution in [2.75, 3.05) is 43.1 Å². The number of nitrogens with zero attached hydrogens (tertiary/aromatic N) is 3. The van der Waals surface area contributed by atoms with Crippen LogP contribution in [0.25, 0.3) is 20.4 Å².